The monoisotopic (exact) mass is 455 g/mol. The van der Waals surface area contributed by atoms with Crippen LogP contribution in [0.3, 0.4) is 0 Å². The molecule has 0 fully saturated rings. The van der Waals surface area contributed by atoms with E-state index in [1.54, 1.807) is 12.1 Å². The number of ether oxygens (including phenoxy) is 2. The fraction of sp³-hybridized carbons (Fsp3) is 0.360. The number of amides is 1. The molecule has 2 aromatic carbocycles. The van der Waals surface area contributed by atoms with E-state index in [0.29, 0.717) is 46.3 Å². The summed E-state index contributed by atoms with van der Waals surface area (Å²) < 4.78 is 17.5. The lowest BCUT2D eigenvalue weighted by Crippen LogP contribution is -2.22. The van der Waals surface area contributed by atoms with E-state index in [4.69, 9.17) is 25.5 Å². The fourth-order valence-corrected chi connectivity index (χ4v) is 4.07. The first-order valence-electron chi connectivity index (χ1n) is 10.9. The smallest absolute Gasteiger partial charge is 0.288 e. The second kappa shape index (κ2) is 9.25. The quantitative estimate of drug-likeness (QED) is 0.450. The van der Waals surface area contributed by atoms with E-state index in [-0.39, 0.29) is 16.8 Å². The Bertz CT molecular complexity index is 1230. The summed E-state index contributed by atoms with van der Waals surface area (Å²) in [6.07, 6.45) is 3.18. The molecule has 1 aromatic heterocycles. The highest BCUT2D eigenvalue weighted by Gasteiger charge is 2.36. The molecule has 1 N–H and O–H groups in total. The largest absolute Gasteiger partial charge is 0.490 e. The molecular formula is C25H26ClNO5. The van der Waals surface area contributed by atoms with Gasteiger partial charge in [0, 0.05) is 5.02 Å². The van der Waals surface area contributed by atoms with Crippen molar-refractivity contribution in [1.82, 2.24) is 5.32 Å². The van der Waals surface area contributed by atoms with E-state index >= 15 is 0 Å². The molecular weight excluding hydrogens is 430 g/mol. The summed E-state index contributed by atoms with van der Waals surface area (Å²) in [5, 5.41) is 3.69. The molecule has 0 radical (unpaired) electrons. The zero-order chi connectivity index (χ0) is 22.8. The highest BCUT2D eigenvalue weighted by atomic mass is 35.5. The van der Waals surface area contributed by atoms with Gasteiger partial charge in [0.25, 0.3) is 5.91 Å². The summed E-state index contributed by atoms with van der Waals surface area (Å²) >= 11 is 6.23. The van der Waals surface area contributed by atoms with Crippen LogP contribution >= 0.6 is 11.6 Å². The molecule has 3 aromatic rings. The summed E-state index contributed by atoms with van der Waals surface area (Å²) in [6.45, 7) is 6.92. The number of fused-ring (bicyclic) bond motifs is 2. The van der Waals surface area contributed by atoms with Gasteiger partial charge in [0.05, 0.1) is 30.2 Å². The van der Waals surface area contributed by atoms with Crippen LogP contribution in [-0.2, 0) is 0 Å². The van der Waals surface area contributed by atoms with E-state index in [2.05, 4.69) is 12.2 Å². The summed E-state index contributed by atoms with van der Waals surface area (Å²) in [7, 11) is 0. The maximum Gasteiger partial charge on any atom is 0.288 e. The Morgan fingerprint density at radius 3 is 2.62 bits per heavy atom. The van der Waals surface area contributed by atoms with Gasteiger partial charge in [0.2, 0.25) is 5.76 Å². The van der Waals surface area contributed by atoms with Crippen LogP contribution in [0.4, 0.5) is 0 Å². The molecule has 168 valence electrons. The van der Waals surface area contributed by atoms with Crippen molar-refractivity contribution in [3.8, 4) is 11.5 Å². The Kier molecular flexibility index (Phi) is 6.42. The van der Waals surface area contributed by atoms with Crippen LogP contribution in [0.5, 0.6) is 11.5 Å². The number of nitrogens with one attached hydrogen (secondary N) is 1. The van der Waals surface area contributed by atoms with E-state index in [1.807, 2.05) is 32.0 Å². The topological polar surface area (TPSA) is 77.8 Å². The van der Waals surface area contributed by atoms with Crippen LogP contribution in [0.1, 0.15) is 66.4 Å². The predicted octanol–water partition coefficient (Wildman–Crippen LogP) is 5.56. The third kappa shape index (κ3) is 4.07. The Labute approximate surface area is 191 Å². The summed E-state index contributed by atoms with van der Waals surface area (Å²) in [5.74, 6) is 0.832. The van der Waals surface area contributed by atoms with Gasteiger partial charge in [-0.3, -0.25) is 9.59 Å². The molecule has 1 amide bonds. The number of benzene rings is 2. The lowest BCUT2D eigenvalue weighted by molar-refractivity contribution is 0.0938. The standard InChI is InChI=1S/C25H26ClNO5/c1-4-6-7-10-31-18-9-8-15(12-20(18)30-5-2)22-21-23(28)16-13-17(26)14(3)11-19(16)32-24(21)25(29)27-22/h8-9,11-13,22H,4-7,10H2,1-3H3,(H,27,29). The number of rotatable bonds is 8. The lowest BCUT2D eigenvalue weighted by Gasteiger charge is -2.16. The molecule has 0 saturated heterocycles. The van der Waals surface area contributed by atoms with Crippen LogP contribution < -0.4 is 20.2 Å². The molecule has 0 bridgehead atoms. The fourth-order valence-electron chi connectivity index (χ4n) is 3.91. The normalized spacial score (nSPS) is 15.0. The van der Waals surface area contributed by atoms with Gasteiger partial charge < -0.3 is 19.2 Å². The maximum absolute atomic E-state index is 13.3. The van der Waals surface area contributed by atoms with Crippen LogP contribution in [0.15, 0.2) is 39.5 Å². The second-order valence-corrected chi connectivity index (χ2v) is 8.28. The molecule has 0 aliphatic carbocycles. The number of carbonyl (C=O) groups excluding carboxylic acids is 1. The second-order valence-electron chi connectivity index (χ2n) is 7.87. The van der Waals surface area contributed by atoms with Crippen molar-refractivity contribution in [2.45, 2.75) is 46.1 Å². The number of unbranched alkanes of at least 4 members (excludes halogenated alkanes) is 2. The zero-order valence-corrected chi connectivity index (χ0v) is 19.2. The molecule has 6 nitrogen and oxygen atoms in total. The molecule has 1 unspecified atom stereocenters. The highest BCUT2D eigenvalue weighted by Crippen LogP contribution is 2.36. The maximum atomic E-state index is 13.3. The number of halogens is 1. The highest BCUT2D eigenvalue weighted by molar-refractivity contribution is 6.32. The van der Waals surface area contributed by atoms with Gasteiger partial charge in [-0.2, -0.15) is 0 Å². The van der Waals surface area contributed by atoms with Gasteiger partial charge in [-0.1, -0.05) is 37.4 Å². The summed E-state index contributed by atoms with van der Waals surface area (Å²) in [6, 6.07) is 8.09. The van der Waals surface area contributed by atoms with Crippen molar-refractivity contribution in [2.75, 3.05) is 13.2 Å². The van der Waals surface area contributed by atoms with E-state index in [1.165, 1.54) is 0 Å². The molecule has 1 aliphatic heterocycles. The third-order valence-corrected chi connectivity index (χ3v) is 5.99. The minimum Gasteiger partial charge on any atom is -0.490 e. The molecule has 4 rings (SSSR count). The average molecular weight is 456 g/mol. The summed E-state index contributed by atoms with van der Waals surface area (Å²) in [5.41, 5.74) is 1.84. The molecule has 32 heavy (non-hydrogen) atoms. The van der Waals surface area contributed by atoms with E-state index in [0.717, 1.165) is 24.8 Å². The van der Waals surface area contributed by atoms with Crippen molar-refractivity contribution in [3.63, 3.8) is 0 Å². The van der Waals surface area contributed by atoms with Gasteiger partial charge in [-0.15, -0.1) is 0 Å². The zero-order valence-electron chi connectivity index (χ0n) is 18.4. The Morgan fingerprint density at radius 1 is 1.06 bits per heavy atom. The van der Waals surface area contributed by atoms with Crippen LogP contribution in [-0.4, -0.2) is 19.1 Å². The van der Waals surface area contributed by atoms with Crippen molar-refractivity contribution >= 4 is 28.5 Å². The number of carbonyl (C=O) groups is 1. The molecule has 7 heteroatoms. The Morgan fingerprint density at radius 2 is 1.88 bits per heavy atom. The van der Waals surface area contributed by atoms with Crippen molar-refractivity contribution in [3.05, 3.63) is 68.0 Å². The van der Waals surface area contributed by atoms with Gasteiger partial charge >= 0.3 is 0 Å². The number of hydrogen-bond acceptors (Lipinski definition) is 5. The molecule has 1 aliphatic rings. The van der Waals surface area contributed by atoms with Gasteiger partial charge in [-0.25, -0.2) is 0 Å². The SMILES string of the molecule is CCCCCOc1ccc(C2NC(=O)c3oc4cc(C)c(Cl)cc4c(=O)c32)cc1OCC. The van der Waals surface area contributed by atoms with E-state index in [9.17, 15) is 9.59 Å². The van der Waals surface area contributed by atoms with Gasteiger partial charge in [0.15, 0.2) is 16.9 Å². The molecule has 0 saturated carbocycles. The first kappa shape index (κ1) is 22.2. The average Bonchev–Trinajstić information content (AvgIpc) is 3.10. The van der Waals surface area contributed by atoms with Gasteiger partial charge in [-0.05, 0) is 55.7 Å². The minimum absolute atomic E-state index is 0.0343. The first-order valence-corrected chi connectivity index (χ1v) is 11.3. The third-order valence-electron chi connectivity index (χ3n) is 5.58. The summed E-state index contributed by atoms with van der Waals surface area (Å²) in [4.78, 5) is 26.0. The number of aryl methyl sites for hydroxylation is 1. The van der Waals surface area contributed by atoms with Gasteiger partial charge in [0.1, 0.15) is 5.58 Å². The predicted molar refractivity (Wildman–Crippen MR) is 124 cm³/mol. The van der Waals surface area contributed by atoms with Crippen molar-refractivity contribution < 1.29 is 18.7 Å². The minimum atomic E-state index is -0.647. The Balaban J connectivity index is 1.75. The Hall–Kier alpha value is -2.99. The van der Waals surface area contributed by atoms with Crippen LogP contribution in [0.25, 0.3) is 11.0 Å². The lowest BCUT2D eigenvalue weighted by atomic mass is 9.98. The van der Waals surface area contributed by atoms with Crippen LogP contribution in [0.2, 0.25) is 5.02 Å². The molecule has 0 spiro atoms. The molecule has 2 heterocycles. The van der Waals surface area contributed by atoms with E-state index < -0.39 is 11.9 Å². The van der Waals surface area contributed by atoms with Crippen molar-refractivity contribution in [1.29, 1.82) is 0 Å². The molecule has 1 atom stereocenters. The van der Waals surface area contributed by atoms with Crippen molar-refractivity contribution in [2.24, 2.45) is 0 Å². The van der Waals surface area contributed by atoms with Crippen LogP contribution in [0, 0.1) is 6.92 Å². The number of hydrogen-bond donors (Lipinski definition) is 1. The first-order chi connectivity index (χ1) is 15.4.